The molecule has 0 unspecified atom stereocenters. The molecule has 1 aliphatic heterocycles. The quantitative estimate of drug-likeness (QED) is 0.767. The van der Waals surface area contributed by atoms with Crippen molar-refractivity contribution in [2.75, 3.05) is 13.2 Å². The van der Waals surface area contributed by atoms with Gasteiger partial charge in [-0.2, -0.15) is 0 Å². The molecule has 0 radical (unpaired) electrons. The summed E-state index contributed by atoms with van der Waals surface area (Å²) in [5, 5.41) is 13.7. The van der Waals surface area contributed by atoms with Gasteiger partial charge in [0.1, 0.15) is 5.01 Å². The first-order valence-electron chi connectivity index (χ1n) is 8.15. The lowest BCUT2D eigenvalue weighted by molar-refractivity contribution is 0.253. The topological polar surface area (TPSA) is 63.0 Å². The molecule has 5 nitrogen and oxygen atoms in total. The van der Waals surface area contributed by atoms with E-state index in [0.29, 0.717) is 6.04 Å². The Bertz CT molecular complexity index is 841. The minimum Gasteiger partial charge on any atom is -0.395 e. The largest absolute Gasteiger partial charge is 0.395 e. The molecular weight excluding hydrogens is 320 g/mol. The maximum absolute atomic E-state index is 9.33. The van der Waals surface area contributed by atoms with E-state index in [1.807, 2.05) is 30.7 Å². The molecule has 24 heavy (non-hydrogen) atoms. The Labute approximate surface area is 145 Å². The fourth-order valence-corrected chi connectivity index (χ4v) is 4.27. The number of nitrogens with zero attached hydrogens (tertiary/aromatic N) is 3. The molecule has 0 spiro atoms. The summed E-state index contributed by atoms with van der Waals surface area (Å²) >= 11 is 1.67. The molecule has 0 saturated carbocycles. The third-order valence-corrected chi connectivity index (χ3v) is 5.61. The summed E-state index contributed by atoms with van der Waals surface area (Å²) in [5.41, 5.74) is 2.40. The van der Waals surface area contributed by atoms with E-state index in [1.165, 1.54) is 11.1 Å². The number of hydrogen-bond donors (Lipinski definition) is 2. The van der Waals surface area contributed by atoms with Crippen molar-refractivity contribution in [1.29, 1.82) is 0 Å². The van der Waals surface area contributed by atoms with E-state index in [9.17, 15) is 5.11 Å². The zero-order valence-corrected chi connectivity index (χ0v) is 14.3. The highest BCUT2D eigenvalue weighted by atomic mass is 32.1. The zero-order valence-electron chi connectivity index (χ0n) is 13.5. The van der Waals surface area contributed by atoms with E-state index in [2.05, 4.69) is 38.9 Å². The van der Waals surface area contributed by atoms with E-state index < -0.39 is 0 Å². The van der Waals surface area contributed by atoms with Gasteiger partial charge in [-0.05, 0) is 18.9 Å². The van der Waals surface area contributed by atoms with Gasteiger partial charge in [-0.15, -0.1) is 11.3 Å². The van der Waals surface area contributed by atoms with E-state index in [1.54, 1.807) is 11.3 Å². The van der Waals surface area contributed by atoms with Crippen LogP contribution in [0.15, 0.2) is 42.9 Å². The summed E-state index contributed by atoms with van der Waals surface area (Å²) in [7, 11) is 0. The van der Waals surface area contributed by atoms with Gasteiger partial charge in [0.15, 0.2) is 5.82 Å². The third kappa shape index (κ3) is 2.77. The predicted molar refractivity (Wildman–Crippen MR) is 96.0 cm³/mol. The monoisotopic (exact) mass is 340 g/mol. The number of aliphatic hydroxyl groups excluding tert-OH is 1. The Morgan fingerprint density at radius 1 is 1.33 bits per heavy atom. The number of hydrogen-bond acceptors (Lipinski definition) is 5. The number of aryl methyl sites for hydroxylation is 1. The van der Waals surface area contributed by atoms with Crippen molar-refractivity contribution in [3.63, 3.8) is 0 Å². The molecule has 4 rings (SSSR count). The Kier molecular flexibility index (Phi) is 4.18. The van der Waals surface area contributed by atoms with Crippen molar-refractivity contribution in [2.45, 2.75) is 25.4 Å². The average Bonchev–Trinajstić information content (AvgIpc) is 3.33. The summed E-state index contributed by atoms with van der Waals surface area (Å²) in [6.45, 7) is 3.15. The Hall–Kier alpha value is -2.02. The maximum atomic E-state index is 9.33. The number of rotatable bonds is 4. The van der Waals surface area contributed by atoms with Crippen LogP contribution in [-0.2, 0) is 0 Å². The summed E-state index contributed by atoms with van der Waals surface area (Å²) < 4.78 is 2.21. The van der Waals surface area contributed by atoms with E-state index in [0.717, 1.165) is 28.7 Å². The van der Waals surface area contributed by atoms with Gasteiger partial charge in [0.2, 0.25) is 0 Å². The molecule has 124 valence electrons. The number of benzene rings is 1. The molecule has 6 heteroatoms. The Balaban J connectivity index is 1.65. The van der Waals surface area contributed by atoms with Crippen molar-refractivity contribution < 1.29 is 5.11 Å². The summed E-state index contributed by atoms with van der Waals surface area (Å²) in [6.07, 6.45) is 6.70. The summed E-state index contributed by atoms with van der Waals surface area (Å²) in [6, 6.07) is 8.81. The first-order chi connectivity index (χ1) is 11.8. The van der Waals surface area contributed by atoms with Crippen LogP contribution in [0.25, 0.3) is 21.3 Å². The fourth-order valence-electron chi connectivity index (χ4n) is 3.26. The molecule has 2 N–H and O–H groups in total. The van der Waals surface area contributed by atoms with Crippen LogP contribution in [0, 0.1) is 6.92 Å². The molecule has 2 aromatic heterocycles. The van der Waals surface area contributed by atoms with Crippen molar-refractivity contribution in [2.24, 2.45) is 0 Å². The standard InChI is InChI=1S/C18H20N4OS/c1-12-4-2-3-5-15(12)18-21-10-16(24-18)17-19-6-7-22(17)14-8-13(11-23)20-9-14/h2-7,10,13-14,20,23H,8-9,11H2,1H3/t13-,14-/m0/s1. The number of aromatic nitrogens is 3. The third-order valence-electron chi connectivity index (χ3n) is 4.58. The number of aliphatic hydroxyl groups is 1. The summed E-state index contributed by atoms with van der Waals surface area (Å²) in [4.78, 5) is 10.2. The molecule has 1 aliphatic rings. The van der Waals surface area contributed by atoms with Gasteiger partial charge in [-0.3, -0.25) is 0 Å². The molecule has 1 saturated heterocycles. The maximum Gasteiger partial charge on any atom is 0.151 e. The van der Waals surface area contributed by atoms with Crippen molar-refractivity contribution >= 4 is 11.3 Å². The fraction of sp³-hybridized carbons (Fsp3) is 0.333. The number of imidazole rings is 1. The van der Waals surface area contributed by atoms with Crippen LogP contribution < -0.4 is 5.32 Å². The predicted octanol–water partition coefficient (Wildman–Crippen LogP) is 2.88. The van der Waals surface area contributed by atoms with E-state index in [-0.39, 0.29) is 12.6 Å². The molecule has 1 fully saturated rings. The summed E-state index contributed by atoms with van der Waals surface area (Å²) in [5.74, 6) is 0.956. The van der Waals surface area contributed by atoms with Crippen molar-refractivity contribution in [3.8, 4) is 21.3 Å². The first-order valence-corrected chi connectivity index (χ1v) is 8.97. The van der Waals surface area contributed by atoms with Crippen LogP contribution >= 0.6 is 11.3 Å². The van der Waals surface area contributed by atoms with Gasteiger partial charge in [-0.1, -0.05) is 24.3 Å². The van der Waals surface area contributed by atoms with Gasteiger partial charge < -0.3 is 15.0 Å². The van der Waals surface area contributed by atoms with Crippen LogP contribution in [0.1, 0.15) is 18.0 Å². The highest BCUT2D eigenvalue weighted by Crippen LogP contribution is 2.34. The van der Waals surface area contributed by atoms with Crippen molar-refractivity contribution in [1.82, 2.24) is 19.9 Å². The second kappa shape index (κ2) is 6.47. The first kappa shape index (κ1) is 15.5. The number of thiazole rings is 1. The zero-order chi connectivity index (χ0) is 16.5. The highest BCUT2D eigenvalue weighted by Gasteiger charge is 2.26. The van der Waals surface area contributed by atoms with Crippen LogP contribution in [0.3, 0.4) is 0 Å². The van der Waals surface area contributed by atoms with Crippen LogP contribution in [-0.4, -0.2) is 38.8 Å². The van der Waals surface area contributed by atoms with Gasteiger partial charge in [0.05, 0.1) is 11.5 Å². The highest BCUT2D eigenvalue weighted by molar-refractivity contribution is 7.18. The second-order valence-corrected chi connectivity index (χ2v) is 7.21. The lowest BCUT2D eigenvalue weighted by atomic mass is 10.1. The lowest BCUT2D eigenvalue weighted by Gasteiger charge is -2.13. The Morgan fingerprint density at radius 2 is 2.21 bits per heavy atom. The van der Waals surface area contributed by atoms with Crippen LogP contribution in [0.2, 0.25) is 0 Å². The molecular formula is C18H20N4OS. The second-order valence-electron chi connectivity index (χ2n) is 6.18. The minimum atomic E-state index is 0.175. The van der Waals surface area contributed by atoms with E-state index >= 15 is 0 Å². The average molecular weight is 340 g/mol. The van der Waals surface area contributed by atoms with E-state index in [4.69, 9.17) is 0 Å². The van der Waals surface area contributed by atoms with Gasteiger partial charge >= 0.3 is 0 Å². The molecule has 0 bridgehead atoms. The molecule has 3 aromatic rings. The SMILES string of the molecule is Cc1ccccc1-c1ncc(-c2nccn2[C@@H]2CN[C@H](CO)C2)s1. The lowest BCUT2D eigenvalue weighted by Crippen LogP contribution is -2.24. The Morgan fingerprint density at radius 3 is 3.00 bits per heavy atom. The molecule has 0 aliphatic carbocycles. The normalized spacial score (nSPS) is 20.6. The molecule has 2 atom stereocenters. The number of nitrogens with one attached hydrogen (secondary N) is 1. The van der Waals surface area contributed by atoms with Crippen LogP contribution in [0.4, 0.5) is 0 Å². The molecule has 1 aromatic carbocycles. The molecule has 0 amide bonds. The van der Waals surface area contributed by atoms with Gasteiger partial charge in [0.25, 0.3) is 0 Å². The van der Waals surface area contributed by atoms with Gasteiger partial charge in [-0.25, -0.2) is 9.97 Å². The van der Waals surface area contributed by atoms with Crippen LogP contribution in [0.5, 0.6) is 0 Å². The van der Waals surface area contributed by atoms with Crippen molar-refractivity contribution in [3.05, 3.63) is 48.4 Å². The smallest absolute Gasteiger partial charge is 0.151 e. The van der Waals surface area contributed by atoms with Gasteiger partial charge in [0, 0.05) is 42.8 Å². The minimum absolute atomic E-state index is 0.175. The molecule has 3 heterocycles.